The summed E-state index contributed by atoms with van der Waals surface area (Å²) in [6.07, 6.45) is 0.541. The molecule has 268 valence electrons. The normalized spacial score (nSPS) is 21.3. The van der Waals surface area contributed by atoms with Crippen LogP contribution >= 0.6 is 11.6 Å². The second-order valence-electron chi connectivity index (χ2n) is 14.6. The number of nitrogens with one attached hydrogen (secondary N) is 1. The van der Waals surface area contributed by atoms with Crippen molar-refractivity contribution in [2.24, 2.45) is 5.92 Å². The molecule has 3 saturated heterocycles. The summed E-state index contributed by atoms with van der Waals surface area (Å²) in [5.74, 6) is -1.02. The van der Waals surface area contributed by atoms with E-state index in [9.17, 15) is 23.6 Å². The Labute approximate surface area is 295 Å². The number of rotatable bonds is 7. The third-order valence-corrected chi connectivity index (χ3v) is 10.4. The Morgan fingerprint density at radius 1 is 1.04 bits per heavy atom. The molecule has 50 heavy (non-hydrogen) atoms. The quantitative estimate of drug-likeness (QED) is 0.305. The number of carbonyl (C=O) groups excluding carboxylic acids is 4. The van der Waals surface area contributed by atoms with Crippen LogP contribution < -0.4 is 5.32 Å². The number of ether oxygens (including phenoxy) is 2. The lowest BCUT2D eigenvalue weighted by Gasteiger charge is -2.41. The van der Waals surface area contributed by atoms with Crippen LogP contribution in [-0.4, -0.2) is 95.8 Å². The van der Waals surface area contributed by atoms with Gasteiger partial charge >= 0.3 is 6.09 Å². The Morgan fingerprint density at radius 2 is 1.72 bits per heavy atom. The minimum Gasteiger partial charge on any atom is -0.444 e. The molecule has 4 heterocycles. The molecule has 1 aromatic heterocycles. The second-order valence-corrected chi connectivity index (χ2v) is 15.0. The van der Waals surface area contributed by atoms with Gasteiger partial charge in [0, 0.05) is 55.3 Å². The first-order chi connectivity index (χ1) is 23.8. The molecule has 0 radical (unpaired) electrons. The minimum absolute atomic E-state index is 0.0685. The number of nitrogens with zero attached hydrogens (tertiary/aromatic N) is 3. The Balaban J connectivity index is 1.25. The maximum Gasteiger partial charge on any atom is 0.410 e. The largest absolute Gasteiger partial charge is 0.444 e. The van der Waals surface area contributed by atoms with Crippen molar-refractivity contribution in [1.82, 2.24) is 19.7 Å². The van der Waals surface area contributed by atoms with Crippen LogP contribution in [0.25, 0.3) is 10.9 Å². The molecule has 3 aromatic rings. The first-order valence-electron chi connectivity index (χ1n) is 17.1. The predicted octanol–water partition coefficient (Wildman–Crippen LogP) is 5.92. The van der Waals surface area contributed by atoms with Gasteiger partial charge in [0.05, 0.1) is 29.3 Å². The van der Waals surface area contributed by atoms with Crippen LogP contribution in [-0.2, 0) is 26.2 Å². The summed E-state index contributed by atoms with van der Waals surface area (Å²) >= 11 is 6.40. The van der Waals surface area contributed by atoms with E-state index in [0.29, 0.717) is 35.7 Å². The molecular weight excluding hydrogens is 670 g/mol. The topological polar surface area (TPSA) is 110 Å². The molecule has 0 unspecified atom stereocenters. The monoisotopic (exact) mass is 712 g/mol. The van der Waals surface area contributed by atoms with Crippen LogP contribution in [0, 0.1) is 11.7 Å². The number of benzene rings is 2. The third-order valence-electron chi connectivity index (χ3n) is 10.1. The molecule has 0 saturated carbocycles. The van der Waals surface area contributed by atoms with Crippen molar-refractivity contribution in [2.45, 2.75) is 76.2 Å². The highest BCUT2D eigenvalue weighted by atomic mass is 35.5. The number of amides is 3. The summed E-state index contributed by atoms with van der Waals surface area (Å²) in [6, 6.07) is 9.91. The van der Waals surface area contributed by atoms with Gasteiger partial charge in [0.2, 0.25) is 5.91 Å². The van der Waals surface area contributed by atoms with E-state index in [1.807, 2.05) is 10.6 Å². The highest BCUT2D eigenvalue weighted by Gasteiger charge is 2.47. The molecule has 10 nitrogen and oxygen atoms in total. The predicted molar refractivity (Wildman–Crippen MR) is 184 cm³/mol. The fourth-order valence-corrected chi connectivity index (χ4v) is 7.60. The van der Waals surface area contributed by atoms with Gasteiger partial charge < -0.3 is 29.2 Å². The number of alkyl halides is 1. The van der Waals surface area contributed by atoms with Gasteiger partial charge in [0.25, 0.3) is 5.91 Å². The second kappa shape index (κ2) is 14.3. The van der Waals surface area contributed by atoms with E-state index in [1.165, 1.54) is 29.2 Å². The Kier molecular flexibility index (Phi) is 10.2. The van der Waals surface area contributed by atoms with E-state index in [4.69, 9.17) is 21.1 Å². The number of hydrogen-bond donors (Lipinski definition) is 1. The van der Waals surface area contributed by atoms with E-state index in [0.717, 1.165) is 24.6 Å². The van der Waals surface area contributed by atoms with Crippen LogP contribution in [0.2, 0.25) is 5.02 Å². The van der Waals surface area contributed by atoms with E-state index in [-0.39, 0.29) is 62.1 Å². The lowest BCUT2D eigenvalue weighted by Crippen LogP contribution is -2.56. The van der Waals surface area contributed by atoms with Gasteiger partial charge in [-0.25, -0.2) is 13.6 Å². The zero-order valence-electron chi connectivity index (χ0n) is 28.6. The lowest BCUT2D eigenvalue weighted by molar-refractivity contribution is -0.129. The van der Waals surface area contributed by atoms with Gasteiger partial charge in [0.1, 0.15) is 17.6 Å². The molecule has 3 aliphatic heterocycles. The van der Waals surface area contributed by atoms with Crippen LogP contribution in [0.4, 0.5) is 13.6 Å². The molecule has 0 spiro atoms. The molecule has 3 fully saturated rings. The Hall–Kier alpha value is -4.03. The zero-order valence-corrected chi connectivity index (χ0v) is 29.3. The molecule has 3 amide bonds. The van der Waals surface area contributed by atoms with Crippen LogP contribution in [0.1, 0.15) is 72.9 Å². The molecule has 2 atom stereocenters. The molecule has 3 aliphatic rings. The molecule has 6 rings (SSSR count). The van der Waals surface area contributed by atoms with Crippen molar-refractivity contribution in [1.29, 1.82) is 0 Å². The summed E-state index contributed by atoms with van der Waals surface area (Å²) in [5, 5.41) is 3.84. The van der Waals surface area contributed by atoms with Crippen molar-refractivity contribution >= 4 is 46.7 Å². The van der Waals surface area contributed by atoms with Crippen LogP contribution in [0.3, 0.4) is 0 Å². The zero-order chi connectivity index (χ0) is 35.8. The van der Waals surface area contributed by atoms with Gasteiger partial charge in [-0.3, -0.25) is 14.4 Å². The summed E-state index contributed by atoms with van der Waals surface area (Å²) in [4.78, 5) is 56.7. The van der Waals surface area contributed by atoms with E-state index < -0.39 is 41.0 Å². The van der Waals surface area contributed by atoms with E-state index in [2.05, 4.69) is 5.32 Å². The lowest BCUT2D eigenvalue weighted by atomic mass is 9.71. The van der Waals surface area contributed by atoms with Gasteiger partial charge in [-0.2, -0.15) is 0 Å². The van der Waals surface area contributed by atoms with Crippen molar-refractivity contribution in [3.63, 3.8) is 0 Å². The number of aldehydes is 1. The molecule has 1 N–H and O–H groups in total. The minimum atomic E-state index is -1.52. The van der Waals surface area contributed by atoms with E-state index >= 15 is 4.39 Å². The number of aromatic nitrogens is 1. The average Bonchev–Trinajstić information content (AvgIpc) is 3.60. The van der Waals surface area contributed by atoms with Crippen molar-refractivity contribution in [3.8, 4) is 0 Å². The first-order valence-corrected chi connectivity index (χ1v) is 17.5. The number of fused-ring (bicyclic) bond motifs is 1. The number of likely N-dealkylation sites (tertiary alicyclic amines) is 2. The van der Waals surface area contributed by atoms with Crippen molar-refractivity contribution < 1.29 is 37.4 Å². The summed E-state index contributed by atoms with van der Waals surface area (Å²) in [6.45, 7) is 6.99. The fourth-order valence-electron chi connectivity index (χ4n) is 7.43. The van der Waals surface area contributed by atoms with Crippen LogP contribution in [0.5, 0.6) is 0 Å². The van der Waals surface area contributed by atoms with Gasteiger partial charge in [0.15, 0.2) is 6.29 Å². The highest BCUT2D eigenvalue weighted by Crippen LogP contribution is 2.39. The molecule has 0 bridgehead atoms. The van der Waals surface area contributed by atoms with Crippen molar-refractivity contribution in [2.75, 3.05) is 39.4 Å². The summed E-state index contributed by atoms with van der Waals surface area (Å²) < 4.78 is 42.1. The number of carbonyl (C=O) groups is 4. The summed E-state index contributed by atoms with van der Waals surface area (Å²) in [7, 11) is 0. The maximum absolute atomic E-state index is 15.3. The number of hydrogen-bond acceptors (Lipinski definition) is 6. The third kappa shape index (κ3) is 7.23. The standard InChI is InChI=1S/C37H43ClF2N4O6/c1-36(2,3)50-35(48)43-20-28(40)29(21-43)41-34(47)37(24-4-7-26(39)8-5-24)12-14-42(15-13-37)33(46)32-27-18-25(38)6-9-30(27)44(31(32)22-45)19-23-10-16-49-17-11-23/h4-9,18,22-23,28-29H,10-17,19-21H2,1-3H3,(H,41,47)/t28-,29+/m1/s1. The smallest absolute Gasteiger partial charge is 0.410 e. The fraction of sp³-hybridized carbons (Fsp3) is 0.514. The molecule has 13 heteroatoms. The highest BCUT2D eigenvalue weighted by molar-refractivity contribution is 6.31. The first kappa shape index (κ1) is 35.8. The maximum atomic E-state index is 15.3. The number of piperidine rings is 1. The average molecular weight is 713 g/mol. The van der Waals surface area contributed by atoms with Crippen molar-refractivity contribution in [3.05, 3.63) is 70.1 Å². The Morgan fingerprint density at radius 3 is 2.36 bits per heavy atom. The van der Waals surface area contributed by atoms with E-state index in [1.54, 1.807) is 37.8 Å². The van der Waals surface area contributed by atoms with Gasteiger partial charge in [-0.1, -0.05) is 23.7 Å². The molecule has 0 aliphatic carbocycles. The van der Waals surface area contributed by atoms with Gasteiger partial charge in [-0.15, -0.1) is 0 Å². The van der Waals surface area contributed by atoms with Gasteiger partial charge in [-0.05, 0) is 88.3 Å². The molecule has 2 aromatic carbocycles. The Bertz CT molecular complexity index is 1760. The number of halogens is 3. The SMILES string of the molecule is CC(C)(C)OC(=O)N1C[C@@H](F)[C@@H](NC(=O)C2(c3ccc(F)cc3)CCN(C(=O)c3c(C=O)n(CC4CCOCC4)c4ccc(Cl)cc34)CC2)C1. The molecular formula is C37H43ClF2N4O6. The van der Waals surface area contributed by atoms with Crippen LogP contribution in [0.15, 0.2) is 42.5 Å². The summed E-state index contributed by atoms with van der Waals surface area (Å²) in [5.41, 5.74) is -0.165.